The predicted molar refractivity (Wildman–Crippen MR) is 91.5 cm³/mol. The van der Waals surface area contributed by atoms with E-state index >= 15 is 0 Å². The van der Waals surface area contributed by atoms with Gasteiger partial charge in [0.15, 0.2) is 0 Å². The topological polar surface area (TPSA) is 47.4 Å². The standard InChI is InChI=1S/C19H29N3O2/c1-4-24-17-10-16(19(17)7-5-6-8-19)22(3)18(23)15-9-14(15)13-11-20-21(2)12-13/h11-12,14-17H,4-10H2,1-3H3/t14-,15+,16-,17+/m0/s1. The van der Waals surface area contributed by atoms with Gasteiger partial charge in [0.05, 0.1) is 12.3 Å². The van der Waals surface area contributed by atoms with E-state index in [4.69, 9.17) is 4.74 Å². The number of amides is 1. The van der Waals surface area contributed by atoms with Crippen molar-refractivity contribution in [1.82, 2.24) is 14.7 Å². The van der Waals surface area contributed by atoms with Crippen LogP contribution in [0.5, 0.6) is 0 Å². The number of carbonyl (C=O) groups excluding carboxylic acids is 1. The first-order chi connectivity index (χ1) is 11.6. The second-order valence-electron chi connectivity index (χ2n) is 7.98. The second kappa shape index (κ2) is 5.87. The number of hydrogen-bond acceptors (Lipinski definition) is 3. The Kier molecular flexibility index (Phi) is 3.94. The molecule has 1 spiro atoms. The van der Waals surface area contributed by atoms with Crippen molar-refractivity contribution in [1.29, 1.82) is 0 Å². The molecule has 3 fully saturated rings. The number of rotatable bonds is 5. The molecule has 0 bridgehead atoms. The number of aromatic nitrogens is 2. The van der Waals surface area contributed by atoms with Crippen LogP contribution in [0.15, 0.2) is 12.4 Å². The van der Waals surface area contributed by atoms with E-state index in [9.17, 15) is 4.79 Å². The van der Waals surface area contributed by atoms with Crippen molar-refractivity contribution in [2.45, 2.75) is 63.5 Å². The molecule has 0 radical (unpaired) electrons. The summed E-state index contributed by atoms with van der Waals surface area (Å²) in [5, 5.41) is 4.24. The van der Waals surface area contributed by atoms with E-state index in [1.165, 1.54) is 31.2 Å². The monoisotopic (exact) mass is 331 g/mol. The van der Waals surface area contributed by atoms with Gasteiger partial charge in [-0.2, -0.15) is 5.10 Å². The molecule has 0 saturated heterocycles. The molecule has 5 heteroatoms. The molecule has 24 heavy (non-hydrogen) atoms. The summed E-state index contributed by atoms with van der Waals surface area (Å²) in [5.41, 5.74) is 1.44. The molecule has 1 heterocycles. The number of nitrogens with zero attached hydrogens (tertiary/aromatic N) is 3. The van der Waals surface area contributed by atoms with E-state index < -0.39 is 0 Å². The van der Waals surface area contributed by atoms with Crippen LogP contribution in [-0.2, 0) is 16.6 Å². The van der Waals surface area contributed by atoms with E-state index in [0.29, 0.717) is 24.0 Å². The third-order valence-electron chi connectivity index (χ3n) is 6.72. The zero-order chi connectivity index (χ0) is 16.9. The fourth-order valence-corrected chi connectivity index (χ4v) is 5.28. The van der Waals surface area contributed by atoms with Gasteiger partial charge in [0.1, 0.15) is 0 Å². The van der Waals surface area contributed by atoms with E-state index in [2.05, 4.69) is 16.9 Å². The van der Waals surface area contributed by atoms with Gasteiger partial charge in [-0.25, -0.2) is 0 Å². The average Bonchev–Trinajstić information content (AvgIpc) is 2.97. The lowest BCUT2D eigenvalue weighted by Crippen LogP contribution is -2.64. The number of hydrogen-bond donors (Lipinski definition) is 0. The molecule has 0 aromatic carbocycles. The highest BCUT2D eigenvalue weighted by atomic mass is 16.5. The Balaban J connectivity index is 1.42. The average molecular weight is 331 g/mol. The summed E-state index contributed by atoms with van der Waals surface area (Å²) in [6, 6.07) is 0.374. The summed E-state index contributed by atoms with van der Waals surface area (Å²) in [5.74, 6) is 0.856. The van der Waals surface area contributed by atoms with Crippen LogP contribution in [0.2, 0.25) is 0 Å². The first-order valence-corrected chi connectivity index (χ1v) is 9.43. The second-order valence-corrected chi connectivity index (χ2v) is 7.98. The number of aryl methyl sites for hydroxylation is 1. The van der Waals surface area contributed by atoms with Crippen LogP contribution in [0.1, 0.15) is 56.9 Å². The minimum atomic E-state index is 0.156. The molecule has 132 valence electrons. The van der Waals surface area contributed by atoms with Crippen LogP contribution < -0.4 is 0 Å². The molecule has 3 saturated carbocycles. The van der Waals surface area contributed by atoms with Crippen LogP contribution in [0.25, 0.3) is 0 Å². The summed E-state index contributed by atoms with van der Waals surface area (Å²) in [7, 11) is 3.95. The molecule has 3 aliphatic carbocycles. The van der Waals surface area contributed by atoms with Crippen molar-refractivity contribution < 1.29 is 9.53 Å². The van der Waals surface area contributed by atoms with Gasteiger partial charge in [0, 0.05) is 44.3 Å². The first kappa shape index (κ1) is 16.1. The fourth-order valence-electron chi connectivity index (χ4n) is 5.28. The number of carbonyl (C=O) groups is 1. The maximum atomic E-state index is 13.0. The summed E-state index contributed by atoms with van der Waals surface area (Å²) >= 11 is 0. The Morgan fingerprint density at radius 1 is 1.42 bits per heavy atom. The van der Waals surface area contributed by atoms with Crippen molar-refractivity contribution in [3.63, 3.8) is 0 Å². The first-order valence-electron chi connectivity index (χ1n) is 9.43. The molecule has 1 aromatic rings. The van der Waals surface area contributed by atoms with E-state index in [-0.39, 0.29) is 11.3 Å². The third-order valence-corrected chi connectivity index (χ3v) is 6.72. The van der Waals surface area contributed by atoms with Gasteiger partial charge in [-0.3, -0.25) is 9.48 Å². The van der Waals surface area contributed by atoms with Crippen molar-refractivity contribution in [3.8, 4) is 0 Å². The van der Waals surface area contributed by atoms with E-state index in [1.54, 1.807) is 0 Å². The molecule has 1 aromatic heterocycles. The van der Waals surface area contributed by atoms with Gasteiger partial charge in [0.2, 0.25) is 5.91 Å². The fraction of sp³-hybridized carbons (Fsp3) is 0.789. The highest BCUT2D eigenvalue weighted by Gasteiger charge is 2.60. The van der Waals surface area contributed by atoms with Gasteiger partial charge in [-0.05, 0) is 44.1 Å². The zero-order valence-corrected chi connectivity index (χ0v) is 15.1. The van der Waals surface area contributed by atoms with Crippen molar-refractivity contribution in [3.05, 3.63) is 18.0 Å². The van der Waals surface area contributed by atoms with Gasteiger partial charge >= 0.3 is 0 Å². The van der Waals surface area contributed by atoms with Gasteiger partial charge < -0.3 is 9.64 Å². The minimum absolute atomic E-state index is 0.156. The van der Waals surface area contributed by atoms with Gasteiger partial charge in [0.25, 0.3) is 0 Å². The lowest BCUT2D eigenvalue weighted by molar-refractivity contribution is -0.173. The Hall–Kier alpha value is -1.36. The van der Waals surface area contributed by atoms with Gasteiger partial charge in [-0.1, -0.05) is 12.8 Å². The lowest BCUT2D eigenvalue weighted by Gasteiger charge is -2.57. The molecule has 4 atom stereocenters. The zero-order valence-electron chi connectivity index (χ0n) is 15.1. The summed E-state index contributed by atoms with van der Waals surface area (Å²) < 4.78 is 7.82. The summed E-state index contributed by atoms with van der Waals surface area (Å²) in [6.07, 6.45) is 11.3. The Morgan fingerprint density at radius 2 is 2.17 bits per heavy atom. The molecule has 3 aliphatic rings. The molecule has 0 unspecified atom stereocenters. The molecular formula is C19H29N3O2. The highest BCUT2D eigenvalue weighted by Crippen LogP contribution is 2.57. The Labute approximate surface area is 144 Å². The molecule has 5 nitrogen and oxygen atoms in total. The number of ether oxygens (including phenoxy) is 1. The third kappa shape index (κ3) is 2.40. The Bertz CT molecular complexity index is 620. The molecule has 0 N–H and O–H groups in total. The Morgan fingerprint density at radius 3 is 2.79 bits per heavy atom. The van der Waals surface area contributed by atoms with Crippen LogP contribution in [0.4, 0.5) is 0 Å². The quantitative estimate of drug-likeness (QED) is 0.833. The van der Waals surface area contributed by atoms with E-state index in [0.717, 1.165) is 19.4 Å². The van der Waals surface area contributed by atoms with Crippen LogP contribution in [-0.4, -0.2) is 46.4 Å². The van der Waals surface area contributed by atoms with Crippen LogP contribution in [0, 0.1) is 11.3 Å². The van der Waals surface area contributed by atoms with E-state index in [1.807, 2.05) is 31.2 Å². The summed E-state index contributed by atoms with van der Waals surface area (Å²) in [4.78, 5) is 15.1. The lowest BCUT2D eigenvalue weighted by atomic mass is 9.60. The maximum Gasteiger partial charge on any atom is 0.226 e. The molecule has 0 aliphatic heterocycles. The molecule has 4 rings (SSSR count). The molecule has 1 amide bonds. The van der Waals surface area contributed by atoms with Crippen LogP contribution in [0.3, 0.4) is 0 Å². The predicted octanol–water partition coefficient (Wildman–Crippen LogP) is 2.72. The van der Waals surface area contributed by atoms with Crippen molar-refractivity contribution in [2.24, 2.45) is 18.4 Å². The summed E-state index contributed by atoms with van der Waals surface area (Å²) in [6.45, 7) is 2.86. The molecular weight excluding hydrogens is 302 g/mol. The minimum Gasteiger partial charge on any atom is -0.378 e. The largest absolute Gasteiger partial charge is 0.378 e. The van der Waals surface area contributed by atoms with Crippen molar-refractivity contribution >= 4 is 5.91 Å². The maximum absolute atomic E-state index is 13.0. The normalized spacial score (nSPS) is 33.5. The SMILES string of the molecule is CCO[C@@H]1C[C@H](N(C)C(=O)[C@@H]2C[C@H]2c2cnn(C)c2)C12CCCC2. The van der Waals surface area contributed by atoms with Gasteiger partial charge in [-0.15, -0.1) is 0 Å². The van der Waals surface area contributed by atoms with Crippen LogP contribution >= 0.6 is 0 Å². The van der Waals surface area contributed by atoms with Crippen molar-refractivity contribution in [2.75, 3.05) is 13.7 Å². The highest BCUT2D eigenvalue weighted by molar-refractivity contribution is 5.83. The smallest absolute Gasteiger partial charge is 0.226 e.